The maximum atomic E-state index is 13.1. The number of carboxylic acid groups (broad SMARTS) is 1. The van der Waals surface area contributed by atoms with E-state index >= 15 is 0 Å². The number of amides is 1. The molecule has 1 aromatic heterocycles. The molecule has 0 saturated heterocycles. The Bertz CT molecular complexity index is 889. The summed E-state index contributed by atoms with van der Waals surface area (Å²) >= 11 is 0. The molecular weight excluding hydrogens is 318 g/mol. The van der Waals surface area contributed by atoms with Gasteiger partial charge in [-0.05, 0) is 17.7 Å². The van der Waals surface area contributed by atoms with Gasteiger partial charge >= 0.3 is 5.97 Å². The van der Waals surface area contributed by atoms with Gasteiger partial charge in [0.1, 0.15) is 0 Å². The van der Waals surface area contributed by atoms with Crippen molar-refractivity contribution in [2.24, 2.45) is 7.05 Å². The van der Waals surface area contributed by atoms with Crippen LogP contribution in [0.3, 0.4) is 0 Å². The highest BCUT2D eigenvalue weighted by molar-refractivity contribution is 6.11. The van der Waals surface area contributed by atoms with E-state index in [-0.39, 0.29) is 11.3 Å². The van der Waals surface area contributed by atoms with Crippen LogP contribution < -0.4 is 4.90 Å². The third kappa shape index (κ3) is 3.58. The number of hydrogen-bond acceptors (Lipinski definition) is 3. The monoisotopic (exact) mass is 335 g/mol. The highest BCUT2D eigenvalue weighted by atomic mass is 16.4. The summed E-state index contributed by atoms with van der Waals surface area (Å²) in [7, 11) is 1.59. The average molecular weight is 335 g/mol. The highest BCUT2D eigenvalue weighted by Gasteiger charge is 2.26. The first kappa shape index (κ1) is 16.4. The number of benzene rings is 2. The van der Waals surface area contributed by atoms with Crippen LogP contribution in [0.4, 0.5) is 5.69 Å². The quantitative estimate of drug-likeness (QED) is 0.778. The smallest absolute Gasteiger partial charge is 0.357 e. The van der Waals surface area contributed by atoms with Crippen LogP contribution >= 0.6 is 0 Å². The summed E-state index contributed by atoms with van der Waals surface area (Å²) in [6.07, 6.45) is 1.44. The van der Waals surface area contributed by atoms with E-state index in [9.17, 15) is 14.7 Å². The molecule has 0 spiro atoms. The largest absolute Gasteiger partial charge is 0.476 e. The van der Waals surface area contributed by atoms with Gasteiger partial charge in [-0.25, -0.2) is 4.79 Å². The maximum Gasteiger partial charge on any atom is 0.357 e. The second kappa shape index (κ2) is 7.00. The van der Waals surface area contributed by atoms with Crippen molar-refractivity contribution in [2.45, 2.75) is 6.54 Å². The molecule has 0 aliphatic heterocycles. The number of aromatic carboxylic acids is 1. The molecule has 0 fully saturated rings. The number of aromatic nitrogens is 2. The van der Waals surface area contributed by atoms with Crippen molar-refractivity contribution >= 4 is 17.6 Å². The minimum absolute atomic E-state index is 0.0646. The summed E-state index contributed by atoms with van der Waals surface area (Å²) < 4.78 is 1.34. The van der Waals surface area contributed by atoms with Crippen molar-refractivity contribution in [3.63, 3.8) is 0 Å². The Morgan fingerprint density at radius 1 is 1.04 bits per heavy atom. The molecule has 0 bridgehead atoms. The Morgan fingerprint density at radius 2 is 1.64 bits per heavy atom. The molecular formula is C19H17N3O3. The summed E-state index contributed by atoms with van der Waals surface area (Å²) in [5.41, 5.74) is 1.45. The molecule has 0 atom stereocenters. The van der Waals surface area contributed by atoms with Gasteiger partial charge in [0.05, 0.1) is 12.1 Å². The summed E-state index contributed by atoms with van der Waals surface area (Å²) in [5, 5.41) is 13.2. The number of nitrogens with zero attached hydrogens (tertiary/aromatic N) is 3. The topological polar surface area (TPSA) is 75.4 Å². The summed E-state index contributed by atoms with van der Waals surface area (Å²) in [4.78, 5) is 26.1. The molecule has 6 heteroatoms. The SMILES string of the molecule is Cn1cc(C(=O)N(Cc2ccccc2)c2ccccc2)c(C(=O)O)n1. The van der Waals surface area contributed by atoms with Gasteiger partial charge < -0.3 is 10.0 Å². The summed E-state index contributed by atoms with van der Waals surface area (Å²) in [6, 6.07) is 18.7. The molecule has 3 aromatic rings. The van der Waals surface area contributed by atoms with E-state index in [0.717, 1.165) is 5.56 Å². The number of rotatable bonds is 5. The second-order valence-corrected chi connectivity index (χ2v) is 5.58. The second-order valence-electron chi connectivity index (χ2n) is 5.58. The minimum Gasteiger partial charge on any atom is -0.476 e. The molecule has 3 rings (SSSR count). The van der Waals surface area contributed by atoms with Gasteiger partial charge in [-0.2, -0.15) is 5.10 Å². The van der Waals surface area contributed by atoms with Gasteiger partial charge in [0, 0.05) is 18.9 Å². The zero-order valence-corrected chi connectivity index (χ0v) is 13.7. The Balaban J connectivity index is 2.02. The fraction of sp³-hybridized carbons (Fsp3) is 0.105. The van der Waals surface area contributed by atoms with Crippen LogP contribution in [0.2, 0.25) is 0 Å². The molecule has 0 unspecified atom stereocenters. The highest BCUT2D eigenvalue weighted by Crippen LogP contribution is 2.21. The minimum atomic E-state index is -1.23. The first-order valence-electron chi connectivity index (χ1n) is 7.74. The average Bonchev–Trinajstić information content (AvgIpc) is 3.03. The van der Waals surface area contributed by atoms with E-state index in [1.165, 1.54) is 10.9 Å². The van der Waals surface area contributed by atoms with E-state index in [1.807, 2.05) is 60.7 Å². The van der Waals surface area contributed by atoms with Crippen LogP contribution in [-0.2, 0) is 13.6 Å². The molecule has 0 aliphatic carbocycles. The predicted molar refractivity (Wildman–Crippen MR) is 93.6 cm³/mol. The van der Waals surface area contributed by atoms with Crippen LogP contribution in [0.5, 0.6) is 0 Å². The number of para-hydroxylation sites is 1. The zero-order valence-electron chi connectivity index (χ0n) is 13.7. The van der Waals surface area contributed by atoms with Gasteiger partial charge in [0.2, 0.25) is 0 Å². The number of carbonyl (C=O) groups excluding carboxylic acids is 1. The first-order chi connectivity index (χ1) is 12.1. The van der Waals surface area contributed by atoms with E-state index in [4.69, 9.17) is 0 Å². The van der Waals surface area contributed by atoms with Crippen molar-refractivity contribution in [1.29, 1.82) is 0 Å². The van der Waals surface area contributed by atoms with Crippen LogP contribution in [0.15, 0.2) is 66.9 Å². The number of hydrogen-bond donors (Lipinski definition) is 1. The third-order valence-electron chi connectivity index (χ3n) is 3.76. The number of carbonyl (C=O) groups is 2. The summed E-state index contributed by atoms with van der Waals surface area (Å²) in [6.45, 7) is 0.331. The number of anilines is 1. The van der Waals surface area contributed by atoms with Gasteiger partial charge in [-0.15, -0.1) is 0 Å². The fourth-order valence-corrected chi connectivity index (χ4v) is 2.60. The van der Waals surface area contributed by atoms with Gasteiger partial charge in [0.25, 0.3) is 5.91 Å². The van der Waals surface area contributed by atoms with Crippen LogP contribution in [0, 0.1) is 0 Å². The molecule has 2 aromatic carbocycles. The molecule has 6 nitrogen and oxygen atoms in total. The third-order valence-corrected chi connectivity index (χ3v) is 3.76. The number of aryl methyl sites for hydroxylation is 1. The van der Waals surface area contributed by atoms with Crippen molar-refractivity contribution in [2.75, 3.05) is 4.90 Å². The lowest BCUT2D eigenvalue weighted by Gasteiger charge is -2.22. The summed E-state index contributed by atoms with van der Waals surface area (Å²) in [5.74, 6) is -1.63. The molecule has 0 saturated carbocycles. The van der Waals surface area contributed by atoms with Crippen molar-refractivity contribution < 1.29 is 14.7 Å². The van der Waals surface area contributed by atoms with Crippen LogP contribution in [0.25, 0.3) is 0 Å². The van der Waals surface area contributed by atoms with Gasteiger partial charge in [0.15, 0.2) is 5.69 Å². The lowest BCUT2D eigenvalue weighted by atomic mass is 10.1. The molecule has 1 amide bonds. The standard InChI is InChI=1S/C19H17N3O3/c1-21-13-16(17(20-21)19(24)25)18(23)22(15-10-6-3-7-11-15)12-14-8-4-2-5-9-14/h2-11,13H,12H2,1H3,(H,24,25). The first-order valence-corrected chi connectivity index (χ1v) is 7.74. The molecule has 25 heavy (non-hydrogen) atoms. The van der Waals surface area contributed by atoms with Crippen LogP contribution in [-0.4, -0.2) is 26.8 Å². The molecule has 1 heterocycles. The van der Waals surface area contributed by atoms with Crippen LogP contribution in [0.1, 0.15) is 26.4 Å². The van der Waals surface area contributed by atoms with Crippen molar-refractivity contribution in [3.8, 4) is 0 Å². The maximum absolute atomic E-state index is 13.1. The van der Waals surface area contributed by atoms with E-state index in [0.29, 0.717) is 12.2 Å². The van der Waals surface area contributed by atoms with E-state index in [2.05, 4.69) is 5.10 Å². The Hall–Kier alpha value is -3.41. The lowest BCUT2D eigenvalue weighted by molar-refractivity contribution is 0.0685. The van der Waals surface area contributed by atoms with E-state index in [1.54, 1.807) is 11.9 Å². The fourth-order valence-electron chi connectivity index (χ4n) is 2.60. The molecule has 126 valence electrons. The van der Waals surface area contributed by atoms with Gasteiger partial charge in [-0.1, -0.05) is 48.5 Å². The zero-order chi connectivity index (χ0) is 17.8. The Kier molecular flexibility index (Phi) is 4.61. The van der Waals surface area contributed by atoms with Crippen molar-refractivity contribution in [3.05, 3.63) is 83.7 Å². The number of carboxylic acids is 1. The van der Waals surface area contributed by atoms with E-state index < -0.39 is 11.9 Å². The van der Waals surface area contributed by atoms with Crippen molar-refractivity contribution in [1.82, 2.24) is 9.78 Å². The Morgan fingerprint density at radius 3 is 2.24 bits per heavy atom. The lowest BCUT2D eigenvalue weighted by Crippen LogP contribution is -2.31. The predicted octanol–water partition coefficient (Wildman–Crippen LogP) is 2.97. The molecule has 1 N–H and O–H groups in total. The molecule has 0 radical (unpaired) electrons. The normalized spacial score (nSPS) is 10.4. The van der Waals surface area contributed by atoms with Gasteiger partial charge in [-0.3, -0.25) is 9.48 Å². The molecule has 0 aliphatic rings. The Labute approximate surface area is 144 Å².